The molecular formula is C25H31ClO6. The number of aliphatic hydroxyl groups excluding tert-OH is 1. The number of aryl methyl sites for hydroxylation is 2. The molecule has 2 aromatic carbocycles. The molecule has 2 rings (SSSR count). The van der Waals surface area contributed by atoms with E-state index in [4.69, 9.17) is 21.8 Å². The minimum Gasteiger partial charge on any atom is -0.481 e. The SMILES string of the molecule is Cc1ccc(-c2cc(Cl)ccc2CCCCCC[C@H](O)C[C@@](O)(CC(=O)O)C(=O)O)cc1. The maximum atomic E-state index is 11.2. The van der Waals surface area contributed by atoms with Crippen LogP contribution in [-0.2, 0) is 16.0 Å². The predicted octanol–water partition coefficient (Wildman–Crippen LogP) is 4.85. The van der Waals surface area contributed by atoms with E-state index in [-0.39, 0.29) is 0 Å². The molecule has 0 heterocycles. The molecule has 0 radical (unpaired) electrons. The summed E-state index contributed by atoms with van der Waals surface area (Å²) in [6.07, 6.45) is 2.08. The minimum absolute atomic E-state index is 0.310. The van der Waals surface area contributed by atoms with Crippen molar-refractivity contribution in [2.45, 2.75) is 70.0 Å². The summed E-state index contributed by atoms with van der Waals surface area (Å²) in [7, 11) is 0. The van der Waals surface area contributed by atoms with E-state index in [1.54, 1.807) is 0 Å². The van der Waals surface area contributed by atoms with Crippen LogP contribution in [-0.4, -0.2) is 44.1 Å². The third kappa shape index (κ3) is 7.93. The Morgan fingerprint density at radius 2 is 1.66 bits per heavy atom. The van der Waals surface area contributed by atoms with Gasteiger partial charge in [0.05, 0.1) is 12.5 Å². The van der Waals surface area contributed by atoms with Crippen LogP contribution in [0, 0.1) is 6.92 Å². The Hall–Kier alpha value is -2.41. The second-order valence-corrected chi connectivity index (χ2v) is 8.82. The zero-order valence-corrected chi connectivity index (χ0v) is 19.0. The molecule has 0 unspecified atom stereocenters. The summed E-state index contributed by atoms with van der Waals surface area (Å²) >= 11 is 6.21. The van der Waals surface area contributed by atoms with Crippen LogP contribution in [0.2, 0.25) is 5.02 Å². The standard InChI is InChI=1S/C25H31ClO6/c1-17-8-10-19(11-9-17)22-14-20(26)13-12-18(22)6-4-2-3-5-7-21(27)15-25(32,24(30)31)16-23(28)29/h8-14,21,27,32H,2-7,15-16H2,1H3,(H,28,29)(H,30,31)/t21-,25+/m0/s1. The number of hydrogen-bond acceptors (Lipinski definition) is 4. The molecule has 2 atom stereocenters. The van der Waals surface area contributed by atoms with Gasteiger partial charge in [0.2, 0.25) is 0 Å². The molecule has 7 heteroatoms. The Morgan fingerprint density at radius 3 is 2.28 bits per heavy atom. The Bertz CT molecular complexity index is 911. The Kier molecular flexibility index (Phi) is 9.69. The molecule has 2 aromatic rings. The highest BCUT2D eigenvalue weighted by Gasteiger charge is 2.40. The van der Waals surface area contributed by atoms with E-state index in [1.165, 1.54) is 11.1 Å². The number of carboxylic acid groups (broad SMARTS) is 2. The number of carbonyl (C=O) groups is 2. The highest BCUT2D eigenvalue weighted by molar-refractivity contribution is 6.30. The third-order valence-electron chi connectivity index (χ3n) is 5.58. The van der Waals surface area contributed by atoms with Crippen LogP contribution in [0.5, 0.6) is 0 Å². The van der Waals surface area contributed by atoms with E-state index in [2.05, 4.69) is 30.3 Å². The minimum atomic E-state index is -2.45. The van der Waals surface area contributed by atoms with Gasteiger partial charge in [0.25, 0.3) is 0 Å². The number of benzene rings is 2. The molecule has 0 bridgehead atoms. The number of unbranched alkanes of at least 4 members (excludes halogenated alkanes) is 3. The van der Waals surface area contributed by atoms with Crippen molar-refractivity contribution >= 4 is 23.5 Å². The zero-order valence-electron chi connectivity index (χ0n) is 18.3. The Balaban J connectivity index is 1.80. The normalized spacial score (nSPS) is 14.0. The van der Waals surface area contributed by atoms with Crippen molar-refractivity contribution in [2.24, 2.45) is 0 Å². The first-order chi connectivity index (χ1) is 15.1. The molecule has 6 nitrogen and oxygen atoms in total. The summed E-state index contributed by atoms with van der Waals surface area (Å²) in [5.41, 5.74) is 2.22. The Morgan fingerprint density at radius 1 is 1.00 bits per heavy atom. The summed E-state index contributed by atoms with van der Waals surface area (Å²) < 4.78 is 0. The third-order valence-corrected chi connectivity index (χ3v) is 5.82. The van der Waals surface area contributed by atoms with E-state index >= 15 is 0 Å². The lowest BCUT2D eigenvalue weighted by Crippen LogP contribution is -2.43. The van der Waals surface area contributed by atoms with Gasteiger partial charge in [-0.3, -0.25) is 4.79 Å². The topological polar surface area (TPSA) is 115 Å². The summed E-state index contributed by atoms with van der Waals surface area (Å²) in [6.45, 7) is 2.05. The first-order valence-corrected chi connectivity index (χ1v) is 11.2. The van der Waals surface area contributed by atoms with E-state index < -0.39 is 36.5 Å². The molecule has 0 fully saturated rings. The summed E-state index contributed by atoms with van der Waals surface area (Å²) in [4.78, 5) is 22.0. The van der Waals surface area contributed by atoms with Gasteiger partial charge in [-0.25, -0.2) is 4.79 Å². The van der Waals surface area contributed by atoms with Crippen molar-refractivity contribution in [3.63, 3.8) is 0 Å². The maximum absolute atomic E-state index is 11.2. The average Bonchev–Trinajstić information content (AvgIpc) is 2.71. The van der Waals surface area contributed by atoms with Crippen molar-refractivity contribution < 1.29 is 30.0 Å². The van der Waals surface area contributed by atoms with E-state index in [0.717, 1.165) is 36.8 Å². The fraction of sp³-hybridized carbons (Fsp3) is 0.440. The fourth-order valence-electron chi connectivity index (χ4n) is 3.79. The predicted molar refractivity (Wildman–Crippen MR) is 124 cm³/mol. The first kappa shape index (κ1) is 25.8. The van der Waals surface area contributed by atoms with Gasteiger partial charge in [0.15, 0.2) is 5.60 Å². The highest BCUT2D eigenvalue weighted by Crippen LogP contribution is 2.29. The second-order valence-electron chi connectivity index (χ2n) is 8.39. The molecule has 0 spiro atoms. The van der Waals surface area contributed by atoms with Crippen molar-refractivity contribution in [1.29, 1.82) is 0 Å². The molecule has 0 aromatic heterocycles. The number of carboxylic acids is 2. The van der Waals surface area contributed by atoms with Gasteiger partial charge in [0.1, 0.15) is 0 Å². The average molecular weight is 463 g/mol. The van der Waals surface area contributed by atoms with Crippen LogP contribution in [0.25, 0.3) is 11.1 Å². The molecule has 0 aliphatic rings. The molecule has 0 aliphatic carbocycles. The summed E-state index contributed by atoms with van der Waals surface area (Å²) in [5.74, 6) is -3.05. The second kappa shape index (κ2) is 12.0. The van der Waals surface area contributed by atoms with Crippen molar-refractivity contribution in [1.82, 2.24) is 0 Å². The number of aliphatic hydroxyl groups is 2. The lowest BCUT2D eigenvalue weighted by atomic mass is 9.90. The zero-order chi connectivity index (χ0) is 23.7. The quantitative estimate of drug-likeness (QED) is 0.316. The Labute approximate surface area is 193 Å². The van der Waals surface area contributed by atoms with Gasteiger partial charge in [-0.05, 0) is 55.0 Å². The number of rotatable bonds is 13. The maximum Gasteiger partial charge on any atom is 0.336 e. The first-order valence-electron chi connectivity index (χ1n) is 10.8. The lowest BCUT2D eigenvalue weighted by molar-refractivity contribution is -0.168. The van der Waals surface area contributed by atoms with E-state index in [9.17, 15) is 19.8 Å². The molecule has 174 valence electrons. The summed E-state index contributed by atoms with van der Waals surface area (Å²) in [5, 5.41) is 38.6. The molecular weight excluding hydrogens is 432 g/mol. The van der Waals surface area contributed by atoms with Crippen LogP contribution in [0.1, 0.15) is 56.1 Å². The van der Waals surface area contributed by atoms with Crippen LogP contribution in [0.15, 0.2) is 42.5 Å². The van der Waals surface area contributed by atoms with Crippen molar-refractivity contribution in [3.8, 4) is 11.1 Å². The van der Waals surface area contributed by atoms with Gasteiger partial charge < -0.3 is 20.4 Å². The van der Waals surface area contributed by atoms with Crippen LogP contribution in [0.4, 0.5) is 0 Å². The number of hydrogen-bond donors (Lipinski definition) is 4. The number of halogens is 1. The van der Waals surface area contributed by atoms with Crippen LogP contribution in [0.3, 0.4) is 0 Å². The number of aliphatic carboxylic acids is 2. The largest absolute Gasteiger partial charge is 0.481 e. The molecule has 4 N–H and O–H groups in total. The van der Waals surface area contributed by atoms with E-state index in [1.807, 2.05) is 19.1 Å². The van der Waals surface area contributed by atoms with Crippen LogP contribution < -0.4 is 0 Å². The molecule has 0 saturated heterocycles. The summed E-state index contributed by atoms with van der Waals surface area (Å²) in [6, 6.07) is 14.3. The molecule has 0 amide bonds. The fourth-order valence-corrected chi connectivity index (χ4v) is 3.97. The molecule has 0 aliphatic heterocycles. The van der Waals surface area contributed by atoms with Crippen molar-refractivity contribution in [3.05, 3.63) is 58.6 Å². The van der Waals surface area contributed by atoms with Gasteiger partial charge >= 0.3 is 11.9 Å². The van der Waals surface area contributed by atoms with Gasteiger partial charge in [-0.15, -0.1) is 0 Å². The van der Waals surface area contributed by atoms with Crippen LogP contribution >= 0.6 is 11.6 Å². The lowest BCUT2D eigenvalue weighted by Gasteiger charge is -2.24. The van der Waals surface area contributed by atoms with Crippen molar-refractivity contribution in [2.75, 3.05) is 0 Å². The molecule has 0 saturated carbocycles. The van der Waals surface area contributed by atoms with Gasteiger partial charge in [-0.1, -0.05) is 66.8 Å². The van der Waals surface area contributed by atoms with Gasteiger partial charge in [-0.2, -0.15) is 0 Å². The van der Waals surface area contributed by atoms with E-state index in [0.29, 0.717) is 17.9 Å². The monoisotopic (exact) mass is 462 g/mol. The smallest absolute Gasteiger partial charge is 0.336 e. The highest BCUT2D eigenvalue weighted by atomic mass is 35.5. The van der Waals surface area contributed by atoms with Gasteiger partial charge in [0, 0.05) is 11.4 Å². The molecule has 32 heavy (non-hydrogen) atoms.